The Morgan fingerprint density at radius 2 is 1.88 bits per heavy atom. The number of rotatable bonds is 5. The molecule has 1 heterocycles. The molecule has 2 aromatic carbocycles. The van der Waals surface area contributed by atoms with Gasteiger partial charge in [-0.1, -0.05) is 24.3 Å². The van der Waals surface area contributed by atoms with Crippen LogP contribution in [0.3, 0.4) is 0 Å². The van der Waals surface area contributed by atoms with Gasteiger partial charge in [-0.15, -0.1) is 0 Å². The molecule has 132 valence electrons. The SMILES string of the molecule is COc1cc(C)ccc1C(=O)N/N=C\c1cc(C)n(-c2ccccc2)c1. The topological polar surface area (TPSA) is 55.6 Å². The molecule has 5 nitrogen and oxygen atoms in total. The van der Waals surface area contributed by atoms with Gasteiger partial charge >= 0.3 is 0 Å². The number of methoxy groups -OCH3 is 1. The van der Waals surface area contributed by atoms with Crippen LogP contribution < -0.4 is 10.2 Å². The number of aromatic nitrogens is 1. The van der Waals surface area contributed by atoms with Gasteiger partial charge in [0.15, 0.2) is 0 Å². The number of hydrogen-bond acceptors (Lipinski definition) is 3. The van der Waals surface area contributed by atoms with Crippen molar-refractivity contribution in [2.24, 2.45) is 5.10 Å². The highest BCUT2D eigenvalue weighted by Crippen LogP contribution is 2.19. The van der Waals surface area contributed by atoms with Crippen molar-refractivity contribution in [1.82, 2.24) is 9.99 Å². The van der Waals surface area contributed by atoms with Crippen molar-refractivity contribution in [3.8, 4) is 11.4 Å². The molecule has 26 heavy (non-hydrogen) atoms. The molecule has 0 radical (unpaired) electrons. The Morgan fingerprint density at radius 3 is 2.62 bits per heavy atom. The first-order valence-corrected chi connectivity index (χ1v) is 8.31. The van der Waals surface area contributed by atoms with E-state index in [9.17, 15) is 4.79 Å². The van der Waals surface area contributed by atoms with Crippen molar-refractivity contribution >= 4 is 12.1 Å². The smallest absolute Gasteiger partial charge is 0.275 e. The zero-order valence-corrected chi connectivity index (χ0v) is 15.1. The molecule has 0 bridgehead atoms. The van der Waals surface area contributed by atoms with E-state index in [1.807, 2.05) is 68.6 Å². The third-order valence-electron chi connectivity index (χ3n) is 4.05. The largest absolute Gasteiger partial charge is 0.496 e. The van der Waals surface area contributed by atoms with Crippen LogP contribution in [-0.2, 0) is 0 Å². The van der Waals surface area contributed by atoms with Crippen molar-refractivity contribution in [2.45, 2.75) is 13.8 Å². The Labute approximate surface area is 152 Å². The number of carbonyl (C=O) groups is 1. The predicted molar refractivity (Wildman–Crippen MR) is 103 cm³/mol. The van der Waals surface area contributed by atoms with Crippen LogP contribution >= 0.6 is 0 Å². The van der Waals surface area contributed by atoms with Gasteiger partial charge in [-0.25, -0.2) is 5.43 Å². The summed E-state index contributed by atoms with van der Waals surface area (Å²) in [6.07, 6.45) is 3.61. The fourth-order valence-electron chi connectivity index (χ4n) is 2.75. The maximum Gasteiger partial charge on any atom is 0.275 e. The summed E-state index contributed by atoms with van der Waals surface area (Å²) >= 11 is 0. The highest BCUT2D eigenvalue weighted by Gasteiger charge is 2.11. The van der Waals surface area contributed by atoms with Crippen LogP contribution in [0.25, 0.3) is 5.69 Å². The number of para-hydroxylation sites is 1. The van der Waals surface area contributed by atoms with Crippen molar-refractivity contribution in [3.05, 3.63) is 83.2 Å². The van der Waals surface area contributed by atoms with Crippen LogP contribution in [0.2, 0.25) is 0 Å². The van der Waals surface area contributed by atoms with E-state index in [4.69, 9.17) is 4.74 Å². The summed E-state index contributed by atoms with van der Waals surface area (Å²) in [4.78, 5) is 12.3. The minimum absolute atomic E-state index is 0.308. The molecule has 1 N–H and O–H groups in total. The van der Waals surface area contributed by atoms with Crippen LogP contribution in [0.1, 0.15) is 27.2 Å². The van der Waals surface area contributed by atoms with Crippen LogP contribution in [0.15, 0.2) is 65.9 Å². The van der Waals surface area contributed by atoms with Crippen molar-refractivity contribution < 1.29 is 9.53 Å². The highest BCUT2D eigenvalue weighted by atomic mass is 16.5. The molecule has 0 saturated heterocycles. The van der Waals surface area contributed by atoms with Gasteiger partial charge in [-0.2, -0.15) is 5.10 Å². The number of nitrogens with zero attached hydrogens (tertiary/aromatic N) is 2. The van der Waals surface area contributed by atoms with Crippen molar-refractivity contribution in [2.75, 3.05) is 7.11 Å². The zero-order valence-electron chi connectivity index (χ0n) is 15.1. The zero-order chi connectivity index (χ0) is 18.5. The monoisotopic (exact) mass is 347 g/mol. The average molecular weight is 347 g/mol. The van der Waals surface area contributed by atoms with E-state index in [0.717, 1.165) is 22.5 Å². The molecule has 1 amide bonds. The second-order valence-corrected chi connectivity index (χ2v) is 6.02. The molecule has 5 heteroatoms. The normalized spacial score (nSPS) is 10.9. The van der Waals surface area contributed by atoms with Gasteiger partial charge < -0.3 is 9.30 Å². The molecule has 1 aromatic heterocycles. The van der Waals surface area contributed by atoms with Crippen LogP contribution in [0.4, 0.5) is 0 Å². The van der Waals surface area contributed by atoms with Gasteiger partial charge in [0.1, 0.15) is 5.75 Å². The first kappa shape index (κ1) is 17.5. The molecule has 0 spiro atoms. The maximum absolute atomic E-state index is 12.3. The van der Waals surface area contributed by atoms with Gasteiger partial charge in [0, 0.05) is 23.1 Å². The lowest BCUT2D eigenvalue weighted by molar-refractivity contribution is 0.0952. The molecule has 0 aliphatic carbocycles. The van der Waals surface area contributed by atoms with Crippen LogP contribution in [-0.4, -0.2) is 23.8 Å². The number of hydrogen-bond donors (Lipinski definition) is 1. The number of hydrazone groups is 1. The van der Waals surface area contributed by atoms with Gasteiger partial charge in [-0.05, 0) is 49.7 Å². The Morgan fingerprint density at radius 1 is 1.12 bits per heavy atom. The minimum Gasteiger partial charge on any atom is -0.496 e. The molecule has 3 aromatic rings. The van der Waals surface area contributed by atoms with Crippen LogP contribution in [0, 0.1) is 13.8 Å². The summed E-state index contributed by atoms with van der Waals surface area (Å²) in [5.41, 5.74) is 7.10. The van der Waals surface area contributed by atoms with Crippen molar-refractivity contribution in [1.29, 1.82) is 0 Å². The van der Waals surface area contributed by atoms with E-state index in [0.29, 0.717) is 11.3 Å². The summed E-state index contributed by atoms with van der Waals surface area (Å²) in [5, 5.41) is 4.07. The Balaban J connectivity index is 1.72. The summed E-state index contributed by atoms with van der Waals surface area (Å²) < 4.78 is 7.34. The van der Waals surface area contributed by atoms with Gasteiger partial charge in [0.05, 0.1) is 18.9 Å². The van der Waals surface area contributed by atoms with E-state index < -0.39 is 0 Å². The first-order chi connectivity index (χ1) is 12.6. The summed E-state index contributed by atoms with van der Waals surface area (Å²) in [6, 6.07) is 17.5. The van der Waals surface area contributed by atoms with E-state index in [2.05, 4.69) is 15.1 Å². The summed E-state index contributed by atoms with van der Waals surface area (Å²) in [7, 11) is 1.55. The predicted octanol–water partition coefficient (Wildman–Crippen LogP) is 3.87. The number of ether oxygens (including phenoxy) is 1. The number of nitrogens with one attached hydrogen (secondary N) is 1. The van der Waals surface area contributed by atoms with Crippen LogP contribution in [0.5, 0.6) is 5.75 Å². The minimum atomic E-state index is -0.308. The highest BCUT2D eigenvalue weighted by molar-refractivity contribution is 5.97. The van der Waals surface area contributed by atoms with Gasteiger partial charge in [0.25, 0.3) is 5.91 Å². The third-order valence-corrected chi connectivity index (χ3v) is 4.05. The number of aryl methyl sites for hydroxylation is 2. The first-order valence-electron chi connectivity index (χ1n) is 8.31. The number of benzene rings is 2. The molecular weight excluding hydrogens is 326 g/mol. The lowest BCUT2D eigenvalue weighted by Crippen LogP contribution is -2.18. The van der Waals surface area contributed by atoms with Gasteiger partial charge in [-0.3, -0.25) is 4.79 Å². The fourth-order valence-corrected chi connectivity index (χ4v) is 2.75. The van der Waals surface area contributed by atoms with E-state index in [1.165, 1.54) is 0 Å². The second-order valence-electron chi connectivity index (χ2n) is 6.02. The van der Waals surface area contributed by atoms with Gasteiger partial charge in [0.2, 0.25) is 0 Å². The molecule has 3 rings (SSSR count). The van der Waals surface area contributed by atoms with E-state index >= 15 is 0 Å². The Hall–Kier alpha value is -3.34. The molecule has 0 aliphatic heterocycles. The van der Waals surface area contributed by atoms with Crippen molar-refractivity contribution in [3.63, 3.8) is 0 Å². The Bertz CT molecular complexity index is 943. The quantitative estimate of drug-likeness (QED) is 0.563. The maximum atomic E-state index is 12.3. The molecule has 0 fully saturated rings. The lowest BCUT2D eigenvalue weighted by atomic mass is 10.1. The Kier molecular flexibility index (Phi) is 5.17. The molecule has 0 atom stereocenters. The third kappa shape index (κ3) is 3.83. The fraction of sp³-hybridized carbons (Fsp3) is 0.143. The molecule has 0 unspecified atom stereocenters. The molecule has 0 saturated carbocycles. The lowest BCUT2D eigenvalue weighted by Gasteiger charge is -2.07. The van der Waals surface area contributed by atoms with E-state index in [1.54, 1.807) is 19.4 Å². The van der Waals surface area contributed by atoms with E-state index in [-0.39, 0.29) is 5.91 Å². The second kappa shape index (κ2) is 7.70. The molecule has 0 aliphatic rings. The molecular formula is C21H21N3O2. The number of amides is 1. The average Bonchev–Trinajstić information content (AvgIpc) is 3.02. The summed E-state index contributed by atoms with van der Waals surface area (Å²) in [5.74, 6) is 0.223. The standard InChI is InChI=1S/C21H21N3O2/c1-15-9-10-19(20(11-15)26-3)21(25)23-22-13-17-12-16(2)24(14-17)18-7-5-4-6-8-18/h4-14H,1-3H3,(H,23,25)/b22-13-. The number of carbonyl (C=O) groups excluding carboxylic acids is 1. The summed E-state index contributed by atoms with van der Waals surface area (Å²) in [6.45, 7) is 3.97.